The third-order valence-corrected chi connectivity index (χ3v) is 5.53. The Bertz CT molecular complexity index is 927. The first kappa shape index (κ1) is 16.5. The van der Waals surface area contributed by atoms with Crippen LogP contribution in [0.25, 0.3) is 0 Å². The van der Waals surface area contributed by atoms with Gasteiger partial charge in [0.1, 0.15) is 0 Å². The van der Waals surface area contributed by atoms with Gasteiger partial charge < -0.3 is 10.6 Å². The molecular weight excluding hydrogens is 346 g/mol. The number of pyridine rings is 1. The van der Waals surface area contributed by atoms with E-state index in [9.17, 15) is 9.59 Å². The molecule has 0 bridgehead atoms. The number of hydrogen-bond acceptors (Lipinski definition) is 4. The SMILES string of the molecule is O=C(Nc1cccnc1)c1ccc(NC(=O)c2cc3c(s2)CCC3)cc1. The van der Waals surface area contributed by atoms with Crippen LogP contribution in [0.1, 0.15) is 36.9 Å². The highest BCUT2D eigenvalue weighted by atomic mass is 32.1. The molecule has 0 fully saturated rings. The second-order valence-corrected chi connectivity index (χ2v) is 7.28. The van der Waals surface area contributed by atoms with Gasteiger partial charge in [0.15, 0.2) is 0 Å². The number of nitrogens with one attached hydrogen (secondary N) is 2. The Kier molecular flexibility index (Phi) is 4.50. The molecule has 2 heterocycles. The lowest BCUT2D eigenvalue weighted by Crippen LogP contribution is -2.13. The van der Waals surface area contributed by atoms with E-state index in [0.29, 0.717) is 16.9 Å². The molecule has 3 aromatic rings. The van der Waals surface area contributed by atoms with E-state index in [2.05, 4.69) is 15.6 Å². The van der Waals surface area contributed by atoms with Gasteiger partial charge in [-0.15, -0.1) is 11.3 Å². The van der Waals surface area contributed by atoms with E-state index >= 15 is 0 Å². The molecule has 0 saturated heterocycles. The topological polar surface area (TPSA) is 71.1 Å². The predicted molar refractivity (Wildman–Crippen MR) is 103 cm³/mol. The standard InChI is InChI=1S/C20H17N3O2S/c24-19(23-16-4-2-10-21-12-16)13-6-8-15(9-7-13)22-20(25)18-11-14-3-1-5-17(14)26-18/h2,4,6-12H,1,3,5H2,(H,22,25)(H,23,24). The van der Waals surface area contributed by atoms with E-state index < -0.39 is 0 Å². The minimum absolute atomic E-state index is 0.100. The fourth-order valence-corrected chi connectivity index (χ4v) is 4.13. The fraction of sp³-hybridized carbons (Fsp3) is 0.150. The maximum Gasteiger partial charge on any atom is 0.265 e. The summed E-state index contributed by atoms with van der Waals surface area (Å²) in [6, 6.07) is 12.4. The predicted octanol–water partition coefficient (Wildman–Crippen LogP) is 4.14. The van der Waals surface area contributed by atoms with Crippen molar-refractivity contribution in [3.8, 4) is 0 Å². The zero-order valence-corrected chi connectivity index (χ0v) is 14.8. The third-order valence-electron chi connectivity index (χ3n) is 4.29. The molecule has 0 spiro atoms. The van der Waals surface area contributed by atoms with Gasteiger partial charge in [-0.1, -0.05) is 0 Å². The molecule has 1 aliphatic rings. The lowest BCUT2D eigenvalue weighted by molar-refractivity contribution is 0.102. The molecule has 2 aromatic heterocycles. The minimum atomic E-state index is -0.217. The number of benzene rings is 1. The Labute approximate surface area is 155 Å². The van der Waals surface area contributed by atoms with Crippen LogP contribution < -0.4 is 10.6 Å². The number of nitrogens with zero attached hydrogens (tertiary/aromatic N) is 1. The van der Waals surface area contributed by atoms with Gasteiger partial charge in [0.2, 0.25) is 0 Å². The lowest BCUT2D eigenvalue weighted by Gasteiger charge is -2.07. The van der Waals surface area contributed by atoms with E-state index in [1.807, 2.05) is 6.07 Å². The first-order chi connectivity index (χ1) is 12.7. The van der Waals surface area contributed by atoms with Crippen molar-refractivity contribution in [1.29, 1.82) is 0 Å². The summed E-state index contributed by atoms with van der Waals surface area (Å²) in [7, 11) is 0. The van der Waals surface area contributed by atoms with Crippen LogP contribution in [-0.4, -0.2) is 16.8 Å². The lowest BCUT2D eigenvalue weighted by atomic mass is 10.2. The van der Waals surface area contributed by atoms with Crippen LogP contribution in [0.5, 0.6) is 0 Å². The van der Waals surface area contributed by atoms with E-state index in [0.717, 1.165) is 17.7 Å². The van der Waals surface area contributed by atoms with Gasteiger partial charge in [-0.25, -0.2) is 0 Å². The summed E-state index contributed by atoms with van der Waals surface area (Å²) >= 11 is 1.58. The quantitative estimate of drug-likeness (QED) is 0.732. The largest absolute Gasteiger partial charge is 0.321 e. The Morgan fingerprint density at radius 2 is 1.77 bits per heavy atom. The van der Waals surface area contributed by atoms with Gasteiger partial charge in [0.05, 0.1) is 16.8 Å². The number of aryl methyl sites for hydroxylation is 2. The number of thiophene rings is 1. The summed E-state index contributed by atoms with van der Waals surface area (Å²) in [5.41, 5.74) is 3.13. The molecule has 4 rings (SSSR count). The number of carbonyl (C=O) groups is 2. The van der Waals surface area contributed by atoms with Crippen molar-refractivity contribution in [2.75, 3.05) is 10.6 Å². The summed E-state index contributed by atoms with van der Waals surface area (Å²) in [6.07, 6.45) is 6.57. The molecule has 0 aliphatic heterocycles. The average Bonchev–Trinajstić information content (AvgIpc) is 3.25. The van der Waals surface area contributed by atoms with Gasteiger partial charge in [-0.2, -0.15) is 0 Å². The number of fused-ring (bicyclic) bond motifs is 1. The summed E-state index contributed by atoms with van der Waals surface area (Å²) in [5, 5.41) is 5.67. The highest BCUT2D eigenvalue weighted by Gasteiger charge is 2.18. The Morgan fingerprint density at radius 1 is 0.962 bits per heavy atom. The maximum absolute atomic E-state index is 12.4. The number of rotatable bonds is 4. The summed E-state index contributed by atoms with van der Waals surface area (Å²) in [4.78, 5) is 30.7. The second kappa shape index (κ2) is 7.09. The Hall–Kier alpha value is -2.99. The van der Waals surface area contributed by atoms with Crippen molar-refractivity contribution in [2.45, 2.75) is 19.3 Å². The molecular formula is C20H17N3O2S. The second-order valence-electron chi connectivity index (χ2n) is 6.14. The van der Waals surface area contributed by atoms with Crippen molar-refractivity contribution in [3.05, 3.63) is 75.7 Å². The van der Waals surface area contributed by atoms with Gasteiger partial charge in [-0.05, 0) is 67.3 Å². The summed E-state index contributed by atoms with van der Waals surface area (Å²) < 4.78 is 0. The summed E-state index contributed by atoms with van der Waals surface area (Å²) in [5.74, 6) is -0.317. The Balaban J connectivity index is 1.40. The summed E-state index contributed by atoms with van der Waals surface area (Å²) in [6.45, 7) is 0. The molecule has 0 radical (unpaired) electrons. The van der Waals surface area contributed by atoms with Crippen molar-refractivity contribution in [1.82, 2.24) is 4.98 Å². The van der Waals surface area contributed by atoms with Gasteiger partial charge in [-0.3, -0.25) is 14.6 Å². The van der Waals surface area contributed by atoms with E-state index in [4.69, 9.17) is 0 Å². The van der Waals surface area contributed by atoms with Crippen LogP contribution in [0.2, 0.25) is 0 Å². The van der Waals surface area contributed by atoms with Crippen molar-refractivity contribution in [2.24, 2.45) is 0 Å². The normalized spacial score (nSPS) is 12.5. The van der Waals surface area contributed by atoms with Gasteiger partial charge in [0, 0.05) is 22.3 Å². The van der Waals surface area contributed by atoms with Gasteiger partial charge >= 0.3 is 0 Å². The highest BCUT2D eigenvalue weighted by Crippen LogP contribution is 2.31. The molecule has 6 heteroatoms. The van der Waals surface area contributed by atoms with E-state index in [1.54, 1.807) is 60.1 Å². The fourth-order valence-electron chi connectivity index (χ4n) is 2.98. The van der Waals surface area contributed by atoms with Gasteiger partial charge in [0.25, 0.3) is 11.8 Å². The average molecular weight is 363 g/mol. The Morgan fingerprint density at radius 3 is 2.50 bits per heavy atom. The molecule has 2 amide bonds. The van der Waals surface area contributed by atoms with Crippen molar-refractivity contribution >= 4 is 34.5 Å². The zero-order valence-electron chi connectivity index (χ0n) is 14.0. The molecule has 1 aliphatic carbocycles. The van der Waals surface area contributed by atoms with Crippen molar-refractivity contribution in [3.63, 3.8) is 0 Å². The third kappa shape index (κ3) is 3.50. The van der Waals surface area contributed by atoms with Crippen LogP contribution >= 0.6 is 11.3 Å². The highest BCUT2D eigenvalue weighted by molar-refractivity contribution is 7.14. The molecule has 1 aromatic carbocycles. The maximum atomic E-state index is 12.4. The zero-order chi connectivity index (χ0) is 17.9. The number of hydrogen-bond donors (Lipinski definition) is 2. The number of aromatic nitrogens is 1. The van der Waals surface area contributed by atoms with Crippen LogP contribution in [0.4, 0.5) is 11.4 Å². The van der Waals surface area contributed by atoms with E-state index in [1.165, 1.54) is 16.9 Å². The molecule has 130 valence electrons. The number of carbonyl (C=O) groups excluding carboxylic acids is 2. The number of amides is 2. The first-order valence-electron chi connectivity index (χ1n) is 8.43. The van der Waals surface area contributed by atoms with Crippen molar-refractivity contribution < 1.29 is 9.59 Å². The van der Waals surface area contributed by atoms with Crippen LogP contribution in [0, 0.1) is 0 Å². The molecule has 26 heavy (non-hydrogen) atoms. The first-order valence-corrected chi connectivity index (χ1v) is 9.25. The molecule has 0 saturated carbocycles. The molecule has 0 atom stereocenters. The smallest absolute Gasteiger partial charge is 0.265 e. The molecule has 2 N–H and O–H groups in total. The van der Waals surface area contributed by atoms with Crippen LogP contribution in [0.15, 0.2) is 54.9 Å². The monoisotopic (exact) mass is 363 g/mol. The van der Waals surface area contributed by atoms with E-state index in [-0.39, 0.29) is 11.8 Å². The molecule has 0 unspecified atom stereocenters. The van der Waals surface area contributed by atoms with Crippen LogP contribution in [0.3, 0.4) is 0 Å². The molecule has 5 nitrogen and oxygen atoms in total. The van der Waals surface area contributed by atoms with Crippen LogP contribution in [-0.2, 0) is 12.8 Å². The number of anilines is 2. The minimum Gasteiger partial charge on any atom is -0.321 e.